The van der Waals surface area contributed by atoms with E-state index in [0.29, 0.717) is 6.54 Å². The van der Waals surface area contributed by atoms with Crippen LogP contribution in [-0.2, 0) is 12.7 Å². The van der Waals surface area contributed by atoms with Gasteiger partial charge in [0.1, 0.15) is 0 Å². The summed E-state index contributed by atoms with van der Waals surface area (Å²) in [6.45, 7) is 4.64. The molecule has 0 bridgehead atoms. The Kier molecular flexibility index (Phi) is 5.87. The van der Waals surface area contributed by atoms with E-state index in [0.717, 1.165) is 34.6 Å². The number of benzene rings is 2. The second kappa shape index (κ2) is 8.34. The molecule has 150 valence electrons. The van der Waals surface area contributed by atoms with Crippen molar-refractivity contribution in [2.24, 2.45) is 5.10 Å². The highest BCUT2D eigenvalue weighted by atomic mass is 19.4. The van der Waals surface area contributed by atoms with Crippen LogP contribution in [0.3, 0.4) is 0 Å². The fraction of sp³-hybridized carbons (Fsp3) is 0.182. The number of hydrazone groups is 1. The molecule has 1 heterocycles. The molecule has 0 aliphatic heterocycles. The van der Waals surface area contributed by atoms with E-state index in [4.69, 9.17) is 0 Å². The van der Waals surface area contributed by atoms with Gasteiger partial charge in [-0.3, -0.25) is 4.79 Å². The summed E-state index contributed by atoms with van der Waals surface area (Å²) < 4.78 is 40.5. The van der Waals surface area contributed by atoms with Crippen LogP contribution in [0.5, 0.6) is 0 Å². The average Bonchev–Trinajstić information content (AvgIpc) is 2.96. The number of halogens is 3. The Morgan fingerprint density at radius 2 is 1.79 bits per heavy atom. The fourth-order valence-corrected chi connectivity index (χ4v) is 3.03. The van der Waals surface area contributed by atoms with Gasteiger partial charge in [-0.15, -0.1) is 0 Å². The Morgan fingerprint density at radius 3 is 2.48 bits per heavy atom. The number of aromatic nitrogens is 1. The Hall–Kier alpha value is -3.35. The Morgan fingerprint density at radius 1 is 1.07 bits per heavy atom. The van der Waals surface area contributed by atoms with E-state index >= 15 is 0 Å². The first kappa shape index (κ1) is 20.4. The summed E-state index contributed by atoms with van der Waals surface area (Å²) >= 11 is 0. The molecule has 0 unspecified atom stereocenters. The minimum Gasteiger partial charge on any atom is -0.344 e. The lowest BCUT2D eigenvalue weighted by Crippen LogP contribution is -2.18. The topological polar surface area (TPSA) is 46.4 Å². The van der Waals surface area contributed by atoms with E-state index in [1.165, 1.54) is 18.3 Å². The number of aryl methyl sites for hydroxylation is 1. The van der Waals surface area contributed by atoms with Gasteiger partial charge in [0.15, 0.2) is 0 Å². The van der Waals surface area contributed by atoms with Gasteiger partial charge in [-0.1, -0.05) is 36.4 Å². The number of carbonyl (C=O) groups excluding carboxylic acids is 1. The lowest BCUT2D eigenvalue weighted by atomic mass is 10.1. The number of nitrogens with zero attached hydrogens (tertiary/aromatic N) is 2. The molecule has 7 heteroatoms. The van der Waals surface area contributed by atoms with Gasteiger partial charge in [-0.25, -0.2) is 5.43 Å². The minimum absolute atomic E-state index is 0.105. The highest BCUT2D eigenvalue weighted by Gasteiger charge is 2.30. The summed E-state index contributed by atoms with van der Waals surface area (Å²) in [6.07, 6.45) is -3.01. The molecule has 0 spiro atoms. The third kappa shape index (κ3) is 4.93. The van der Waals surface area contributed by atoms with Crippen molar-refractivity contribution in [1.29, 1.82) is 0 Å². The van der Waals surface area contributed by atoms with Crippen molar-refractivity contribution in [2.75, 3.05) is 0 Å². The monoisotopic (exact) mass is 399 g/mol. The summed E-state index contributed by atoms with van der Waals surface area (Å²) in [5.41, 5.74) is 5.30. The molecule has 0 fully saturated rings. The van der Waals surface area contributed by atoms with Crippen molar-refractivity contribution in [2.45, 2.75) is 26.6 Å². The van der Waals surface area contributed by atoms with Gasteiger partial charge >= 0.3 is 6.18 Å². The van der Waals surface area contributed by atoms with Gasteiger partial charge in [0, 0.05) is 29.1 Å². The van der Waals surface area contributed by atoms with Gasteiger partial charge in [0.2, 0.25) is 0 Å². The van der Waals surface area contributed by atoms with Crippen LogP contribution in [-0.4, -0.2) is 16.7 Å². The van der Waals surface area contributed by atoms with Crippen molar-refractivity contribution in [3.63, 3.8) is 0 Å². The number of rotatable bonds is 5. The predicted octanol–water partition coefficient (Wildman–Crippen LogP) is 4.94. The summed E-state index contributed by atoms with van der Waals surface area (Å²) in [4.78, 5) is 12.1. The van der Waals surface area contributed by atoms with Crippen molar-refractivity contribution < 1.29 is 18.0 Å². The normalized spacial score (nSPS) is 11.8. The summed E-state index contributed by atoms with van der Waals surface area (Å²) in [5.74, 6) is -0.703. The summed E-state index contributed by atoms with van der Waals surface area (Å²) in [7, 11) is 0. The van der Waals surface area contributed by atoms with Crippen LogP contribution in [0.2, 0.25) is 0 Å². The maximum absolute atomic E-state index is 12.8. The van der Waals surface area contributed by atoms with Gasteiger partial charge in [-0.2, -0.15) is 18.3 Å². The highest BCUT2D eigenvalue weighted by Crippen LogP contribution is 2.29. The Balaban J connectivity index is 1.71. The van der Waals surface area contributed by atoms with E-state index in [9.17, 15) is 18.0 Å². The number of hydrogen-bond donors (Lipinski definition) is 1. The van der Waals surface area contributed by atoms with Crippen LogP contribution in [0.25, 0.3) is 0 Å². The quantitative estimate of drug-likeness (QED) is 0.480. The molecule has 0 saturated heterocycles. The van der Waals surface area contributed by atoms with Crippen molar-refractivity contribution in [1.82, 2.24) is 9.99 Å². The maximum Gasteiger partial charge on any atom is 0.416 e. The van der Waals surface area contributed by atoms with E-state index in [2.05, 4.69) is 15.1 Å². The molecule has 0 aliphatic carbocycles. The fourth-order valence-electron chi connectivity index (χ4n) is 3.03. The minimum atomic E-state index is -4.50. The molecule has 3 rings (SSSR count). The van der Waals surface area contributed by atoms with Gasteiger partial charge in [0.25, 0.3) is 5.91 Å². The van der Waals surface area contributed by atoms with Crippen molar-refractivity contribution >= 4 is 12.1 Å². The van der Waals surface area contributed by atoms with Crippen molar-refractivity contribution in [3.05, 3.63) is 94.3 Å². The van der Waals surface area contributed by atoms with Crippen LogP contribution in [0.4, 0.5) is 13.2 Å². The molecule has 2 aromatic carbocycles. The molecule has 4 nitrogen and oxygen atoms in total. The van der Waals surface area contributed by atoms with E-state index in [1.54, 1.807) is 0 Å². The first-order valence-corrected chi connectivity index (χ1v) is 8.97. The molecule has 1 aromatic heterocycles. The van der Waals surface area contributed by atoms with Crippen LogP contribution in [0.1, 0.15) is 38.4 Å². The predicted molar refractivity (Wildman–Crippen MR) is 106 cm³/mol. The smallest absolute Gasteiger partial charge is 0.344 e. The molecule has 29 heavy (non-hydrogen) atoms. The summed E-state index contributed by atoms with van der Waals surface area (Å²) in [6, 6.07) is 16.2. The molecule has 0 atom stereocenters. The third-order valence-corrected chi connectivity index (χ3v) is 4.62. The van der Waals surface area contributed by atoms with Crippen LogP contribution >= 0.6 is 0 Å². The molecule has 1 amide bonds. The molecule has 3 aromatic rings. The van der Waals surface area contributed by atoms with Crippen LogP contribution < -0.4 is 5.43 Å². The number of nitrogens with one attached hydrogen (secondary N) is 1. The van der Waals surface area contributed by atoms with Crippen LogP contribution in [0, 0.1) is 13.8 Å². The molecule has 0 radical (unpaired) electrons. The largest absolute Gasteiger partial charge is 0.416 e. The van der Waals surface area contributed by atoms with Gasteiger partial charge in [-0.05, 0) is 43.7 Å². The third-order valence-electron chi connectivity index (χ3n) is 4.62. The second-order valence-electron chi connectivity index (χ2n) is 6.68. The number of alkyl halides is 3. The second-order valence-corrected chi connectivity index (χ2v) is 6.68. The zero-order valence-corrected chi connectivity index (χ0v) is 16.0. The number of hydrogen-bond acceptors (Lipinski definition) is 2. The van der Waals surface area contributed by atoms with Crippen LogP contribution in [0.15, 0.2) is 65.8 Å². The zero-order chi connectivity index (χ0) is 21.0. The van der Waals surface area contributed by atoms with Gasteiger partial charge in [0.05, 0.1) is 11.8 Å². The Labute approximate surface area is 166 Å². The standard InChI is InChI=1S/C22H20F3N3O/c1-15-11-19(16(2)28(15)14-17-7-4-3-5-8-17)13-26-27-21(29)18-9-6-10-20(12-18)22(23,24)25/h3-13H,14H2,1-2H3,(H,27,29)/b26-13-. The lowest BCUT2D eigenvalue weighted by Gasteiger charge is -2.09. The van der Waals surface area contributed by atoms with Crippen molar-refractivity contribution in [3.8, 4) is 0 Å². The first-order chi connectivity index (χ1) is 13.8. The van der Waals surface area contributed by atoms with Gasteiger partial charge < -0.3 is 4.57 Å². The first-order valence-electron chi connectivity index (χ1n) is 8.97. The molecule has 0 aliphatic rings. The molecule has 1 N–H and O–H groups in total. The maximum atomic E-state index is 12.8. The highest BCUT2D eigenvalue weighted by molar-refractivity contribution is 5.95. The SMILES string of the molecule is Cc1cc(/C=N\NC(=O)c2cccc(C(F)(F)F)c2)c(C)n1Cc1ccccc1. The Bertz CT molecular complexity index is 1040. The number of amides is 1. The van der Waals surface area contributed by atoms with E-state index in [-0.39, 0.29) is 5.56 Å². The average molecular weight is 399 g/mol. The lowest BCUT2D eigenvalue weighted by molar-refractivity contribution is -0.137. The summed E-state index contributed by atoms with van der Waals surface area (Å²) in [5, 5.41) is 3.91. The zero-order valence-electron chi connectivity index (χ0n) is 16.0. The van der Waals surface area contributed by atoms with E-state index < -0.39 is 17.6 Å². The molecular formula is C22H20F3N3O. The van der Waals surface area contributed by atoms with E-state index in [1.807, 2.05) is 50.2 Å². The molecular weight excluding hydrogens is 379 g/mol. The number of carbonyl (C=O) groups is 1. The molecule has 0 saturated carbocycles.